The van der Waals surface area contributed by atoms with E-state index in [1.54, 1.807) is 6.07 Å². The maximum Gasteiger partial charge on any atom is 0.290 e. The molecule has 22 heavy (non-hydrogen) atoms. The Morgan fingerprint density at radius 1 is 1.27 bits per heavy atom. The second-order valence-corrected chi connectivity index (χ2v) is 5.98. The van der Waals surface area contributed by atoms with Gasteiger partial charge in [-0.2, -0.15) is 8.78 Å². The number of nitrogens with zero attached hydrogens (tertiary/aromatic N) is 1. The third kappa shape index (κ3) is 3.11. The molecular formula is C16H14F2N2OS. The van der Waals surface area contributed by atoms with Gasteiger partial charge in [-0.15, -0.1) is 0 Å². The minimum absolute atomic E-state index is 0.0567. The average molecular weight is 320 g/mol. The Kier molecular flexibility index (Phi) is 4.38. The summed E-state index contributed by atoms with van der Waals surface area (Å²) in [4.78, 5) is 16.3. The van der Waals surface area contributed by atoms with Crippen molar-refractivity contribution in [1.29, 1.82) is 0 Å². The minimum Gasteiger partial charge on any atom is -0.345 e. The Morgan fingerprint density at radius 3 is 2.91 bits per heavy atom. The second-order valence-electron chi connectivity index (χ2n) is 5.00. The highest BCUT2D eigenvalue weighted by Crippen LogP contribution is 2.32. The molecule has 0 saturated heterocycles. The van der Waals surface area contributed by atoms with Gasteiger partial charge in [0.15, 0.2) is 0 Å². The van der Waals surface area contributed by atoms with E-state index in [4.69, 9.17) is 0 Å². The van der Waals surface area contributed by atoms with Crippen molar-refractivity contribution in [3.05, 3.63) is 59.3 Å². The van der Waals surface area contributed by atoms with Crippen LogP contribution >= 0.6 is 11.8 Å². The molecule has 0 fully saturated rings. The average Bonchev–Trinajstić information content (AvgIpc) is 2.90. The van der Waals surface area contributed by atoms with Gasteiger partial charge in [0.1, 0.15) is 5.03 Å². The molecule has 1 aliphatic rings. The van der Waals surface area contributed by atoms with E-state index in [1.807, 2.05) is 24.3 Å². The molecule has 0 saturated carbocycles. The Hall–Kier alpha value is -1.95. The molecule has 0 bridgehead atoms. The molecular weight excluding hydrogens is 306 g/mol. The van der Waals surface area contributed by atoms with E-state index in [0.29, 0.717) is 11.8 Å². The van der Waals surface area contributed by atoms with Crippen LogP contribution in [0.25, 0.3) is 0 Å². The number of alkyl halides is 2. The van der Waals surface area contributed by atoms with Gasteiger partial charge in [0.25, 0.3) is 11.7 Å². The van der Waals surface area contributed by atoms with Crippen LogP contribution in [-0.2, 0) is 6.42 Å². The zero-order valence-electron chi connectivity index (χ0n) is 11.6. The highest BCUT2D eigenvalue weighted by molar-refractivity contribution is 7.99. The largest absolute Gasteiger partial charge is 0.345 e. The number of hydrogen-bond donors (Lipinski definition) is 1. The fraction of sp³-hybridized carbons (Fsp3) is 0.250. The van der Waals surface area contributed by atoms with Gasteiger partial charge < -0.3 is 5.32 Å². The summed E-state index contributed by atoms with van der Waals surface area (Å²) in [5, 5.41) is 2.98. The van der Waals surface area contributed by atoms with Crippen LogP contribution in [-0.4, -0.2) is 16.6 Å². The zero-order valence-corrected chi connectivity index (χ0v) is 12.4. The molecule has 1 aliphatic carbocycles. The Bertz CT molecular complexity index is 693. The summed E-state index contributed by atoms with van der Waals surface area (Å²) < 4.78 is 25.1. The SMILES string of the molecule is O=C(NC1CCc2ccccc21)c1cccnc1SC(F)F. The van der Waals surface area contributed by atoms with Crippen LogP contribution in [0.1, 0.15) is 33.9 Å². The van der Waals surface area contributed by atoms with E-state index < -0.39 is 5.76 Å². The van der Waals surface area contributed by atoms with Crippen LogP contribution in [0.2, 0.25) is 0 Å². The van der Waals surface area contributed by atoms with Crippen LogP contribution in [0.3, 0.4) is 0 Å². The molecule has 1 atom stereocenters. The van der Waals surface area contributed by atoms with Crippen LogP contribution in [0.4, 0.5) is 8.78 Å². The molecule has 1 amide bonds. The summed E-state index contributed by atoms with van der Waals surface area (Å²) in [7, 11) is 0. The predicted molar refractivity (Wildman–Crippen MR) is 81.1 cm³/mol. The van der Waals surface area contributed by atoms with Crippen molar-refractivity contribution in [2.75, 3.05) is 0 Å². The van der Waals surface area contributed by atoms with E-state index in [1.165, 1.54) is 17.8 Å². The van der Waals surface area contributed by atoms with Crippen LogP contribution < -0.4 is 5.32 Å². The second kappa shape index (κ2) is 6.44. The molecule has 0 aliphatic heterocycles. The summed E-state index contributed by atoms with van der Waals surface area (Å²) in [5.41, 5.74) is 2.51. The van der Waals surface area contributed by atoms with Crippen molar-refractivity contribution in [2.24, 2.45) is 0 Å². The van der Waals surface area contributed by atoms with E-state index >= 15 is 0 Å². The molecule has 1 heterocycles. The molecule has 1 aromatic heterocycles. The molecule has 3 nitrogen and oxygen atoms in total. The monoisotopic (exact) mass is 320 g/mol. The summed E-state index contributed by atoms with van der Waals surface area (Å²) >= 11 is 0.292. The van der Waals surface area contributed by atoms with E-state index in [0.717, 1.165) is 18.4 Å². The number of aromatic nitrogens is 1. The van der Waals surface area contributed by atoms with Gasteiger partial charge in [-0.05, 0) is 47.9 Å². The maximum absolute atomic E-state index is 12.6. The molecule has 1 unspecified atom stereocenters. The Morgan fingerprint density at radius 2 is 2.09 bits per heavy atom. The fourth-order valence-electron chi connectivity index (χ4n) is 2.68. The van der Waals surface area contributed by atoms with Gasteiger partial charge in [0, 0.05) is 6.20 Å². The Labute approximate surface area is 131 Å². The number of thioether (sulfide) groups is 1. The first-order chi connectivity index (χ1) is 10.6. The molecule has 0 radical (unpaired) electrons. The van der Waals surface area contributed by atoms with Gasteiger partial charge in [-0.3, -0.25) is 4.79 Å². The van der Waals surface area contributed by atoms with Gasteiger partial charge >= 0.3 is 0 Å². The highest BCUT2D eigenvalue weighted by atomic mass is 32.2. The summed E-state index contributed by atoms with van der Waals surface area (Å²) in [6.07, 6.45) is 3.14. The van der Waals surface area contributed by atoms with Crippen molar-refractivity contribution >= 4 is 17.7 Å². The number of halogens is 2. The van der Waals surface area contributed by atoms with E-state index in [-0.39, 0.29) is 22.5 Å². The normalized spacial score (nSPS) is 16.6. The van der Waals surface area contributed by atoms with Gasteiger partial charge in [0.2, 0.25) is 0 Å². The van der Waals surface area contributed by atoms with Crippen molar-refractivity contribution in [3.8, 4) is 0 Å². The third-order valence-corrected chi connectivity index (χ3v) is 4.38. The predicted octanol–water partition coefficient (Wildman–Crippen LogP) is 3.81. The van der Waals surface area contributed by atoms with E-state index in [9.17, 15) is 13.6 Å². The van der Waals surface area contributed by atoms with Crippen molar-refractivity contribution in [1.82, 2.24) is 10.3 Å². The first-order valence-electron chi connectivity index (χ1n) is 6.93. The molecule has 1 N–H and O–H groups in total. The first kappa shape index (κ1) is 15.0. The Balaban J connectivity index is 1.79. The quantitative estimate of drug-likeness (QED) is 0.871. The minimum atomic E-state index is -2.60. The number of hydrogen-bond acceptors (Lipinski definition) is 3. The molecule has 0 spiro atoms. The molecule has 6 heteroatoms. The van der Waals surface area contributed by atoms with Gasteiger partial charge in [-0.25, -0.2) is 4.98 Å². The first-order valence-corrected chi connectivity index (χ1v) is 7.81. The smallest absolute Gasteiger partial charge is 0.290 e. The van der Waals surface area contributed by atoms with Crippen LogP contribution in [0.15, 0.2) is 47.6 Å². The lowest BCUT2D eigenvalue weighted by Crippen LogP contribution is -2.27. The third-order valence-electron chi connectivity index (χ3n) is 3.65. The number of rotatable bonds is 4. The zero-order chi connectivity index (χ0) is 15.5. The van der Waals surface area contributed by atoms with Gasteiger partial charge in [-0.1, -0.05) is 24.3 Å². The number of nitrogens with one attached hydrogen (secondary N) is 1. The number of carbonyl (C=O) groups is 1. The summed E-state index contributed by atoms with van der Waals surface area (Å²) in [6, 6.07) is 11.0. The number of fused-ring (bicyclic) bond motifs is 1. The maximum atomic E-state index is 12.6. The number of benzene rings is 1. The fourth-order valence-corrected chi connectivity index (χ4v) is 3.26. The lowest BCUT2D eigenvalue weighted by Gasteiger charge is -2.15. The van der Waals surface area contributed by atoms with Gasteiger partial charge in [0.05, 0.1) is 11.6 Å². The highest BCUT2D eigenvalue weighted by Gasteiger charge is 2.25. The van der Waals surface area contributed by atoms with Crippen molar-refractivity contribution in [3.63, 3.8) is 0 Å². The number of aryl methyl sites for hydroxylation is 1. The lowest BCUT2D eigenvalue weighted by atomic mass is 10.1. The number of carbonyl (C=O) groups excluding carboxylic acids is 1. The summed E-state index contributed by atoms with van der Waals surface area (Å²) in [5.74, 6) is -2.97. The molecule has 2 aromatic rings. The number of amides is 1. The molecule has 1 aromatic carbocycles. The molecule has 114 valence electrons. The van der Waals surface area contributed by atoms with Crippen LogP contribution in [0.5, 0.6) is 0 Å². The van der Waals surface area contributed by atoms with E-state index in [2.05, 4.69) is 10.3 Å². The van der Waals surface area contributed by atoms with Crippen molar-refractivity contribution in [2.45, 2.75) is 29.7 Å². The lowest BCUT2D eigenvalue weighted by molar-refractivity contribution is 0.0933. The number of pyridine rings is 1. The van der Waals surface area contributed by atoms with Crippen molar-refractivity contribution < 1.29 is 13.6 Å². The summed E-state index contributed by atoms with van der Waals surface area (Å²) in [6.45, 7) is 0. The molecule has 3 rings (SSSR count). The standard InChI is InChI=1S/C16H14F2N2OS/c17-16(18)22-15-12(6-3-9-19-15)14(21)20-13-8-7-10-4-1-2-5-11(10)13/h1-6,9,13,16H,7-8H2,(H,20,21). The topological polar surface area (TPSA) is 42.0 Å². The van der Waals surface area contributed by atoms with Crippen LogP contribution in [0, 0.1) is 0 Å².